The summed E-state index contributed by atoms with van der Waals surface area (Å²) in [5, 5.41) is 9.31. The van der Waals surface area contributed by atoms with E-state index >= 15 is 0 Å². The number of aromatic nitrogens is 7. The summed E-state index contributed by atoms with van der Waals surface area (Å²) in [6.07, 6.45) is 18.8. The molecule has 0 aliphatic heterocycles. The molecule has 0 bridgehead atoms. The zero-order valence-corrected chi connectivity index (χ0v) is 41.4. The summed E-state index contributed by atoms with van der Waals surface area (Å²) in [6.45, 7) is 0. The molecular formula is C69H47N7. The first-order chi connectivity index (χ1) is 37.7. The minimum absolute atomic E-state index is 0.104. The van der Waals surface area contributed by atoms with Crippen molar-refractivity contribution in [3.8, 4) is 45.5 Å². The summed E-state index contributed by atoms with van der Waals surface area (Å²) >= 11 is 0. The van der Waals surface area contributed by atoms with Gasteiger partial charge in [0.25, 0.3) is 0 Å². The number of para-hydroxylation sites is 4. The SMILES string of the molecule is C1=CCC(n2c3ccccc3c3ccc4c5ccccc5n(-c5nc(-c6cc(-c7ccccc7)cc(-c7ccccc7)c6)nc(-n6c7ccccc7c7ccc8c9ccccc9n(C9=CCCC=C9)c8c76)n5)c4c32)C=C1. The summed E-state index contributed by atoms with van der Waals surface area (Å²) in [5.41, 5.74) is 15.2. The van der Waals surface area contributed by atoms with Crippen molar-refractivity contribution in [1.29, 1.82) is 0 Å². The Morgan fingerprint density at radius 2 is 0.816 bits per heavy atom. The fourth-order valence-corrected chi connectivity index (χ4v) is 12.6. The second kappa shape index (κ2) is 16.8. The van der Waals surface area contributed by atoms with E-state index in [-0.39, 0.29) is 6.04 Å². The molecule has 0 amide bonds. The molecule has 358 valence electrons. The van der Waals surface area contributed by atoms with Gasteiger partial charge in [0, 0.05) is 59.9 Å². The van der Waals surface area contributed by atoms with Crippen molar-refractivity contribution < 1.29 is 0 Å². The first kappa shape index (κ1) is 42.6. The van der Waals surface area contributed by atoms with Crippen LogP contribution in [0, 0.1) is 0 Å². The number of rotatable bonds is 7. The smallest absolute Gasteiger partial charge is 0.240 e. The van der Waals surface area contributed by atoms with Crippen molar-refractivity contribution in [2.24, 2.45) is 0 Å². The van der Waals surface area contributed by atoms with Gasteiger partial charge in [-0.2, -0.15) is 15.0 Å². The maximum atomic E-state index is 5.84. The summed E-state index contributed by atoms with van der Waals surface area (Å²) < 4.78 is 9.67. The lowest BCUT2D eigenvalue weighted by atomic mass is 9.96. The fraction of sp³-hybridized carbons (Fsp3) is 0.0580. The maximum Gasteiger partial charge on any atom is 0.240 e. The zero-order valence-electron chi connectivity index (χ0n) is 41.4. The minimum atomic E-state index is 0.104. The van der Waals surface area contributed by atoms with E-state index in [9.17, 15) is 0 Å². The topological polar surface area (TPSA) is 58.4 Å². The molecule has 5 aromatic heterocycles. The van der Waals surface area contributed by atoms with Crippen LogP contribution in [0.4, 0.5) is 0 Å². The Balaban J connectivity index is 1.08. The number of allylic oxidation sites excluding steroid dienone is 8. The van der Waals surface area contributed by atoms with E-state index in [0.717, 1.165) is 113 Å². The van der Waals surface area contributed by atoms with Crippen LogP contribution in [0.25, 0.3) is 138 Å². The molecule has 7 nitrogen and oxygen atoms in total. The van der Waals surface area contributed by atoms with Crippen molar-refractivity contribution in [2.75, 3.05) is 0 Å². The predicted octanol–water partition coefficient (Wildman–Crippen LogP) is 17.5. The molecular weight excluding hydrogens is 927 g/mol. The zero-order chi connectivity index (χ0) is 49.8. The van der Waals surface area contributed by atoms with Gasteiger partial charge in [0.15, 0.2) is 5.82 Å². The van der Waals surface area contributed by atoms with Crippen molar-refractivity contribution in [3.05, 3.63) is 243 Å². The predicted molar refractivity (Wildman–Crippen MR) is 315 cm³/mol. The Bertz CT molecular complexity index is 4790. The average Bonchev–Trinajstić information content (AvgIpc) is 4.24. The van der Waals surface area contributed by atoms with Crippen LogP contribution in [-0.2, 0) is 0 Å². The minimum Gasteiger partial charge on any atom is -0.331 e. The molecule has 0 radical (unpaired) electrons. The van der Waals surface area contributed by atoms with Gasteiger partial charge >= 0.3 is 0 Å². The lowest BCUT2D eigenvalue weighted by molar-refractivity contribution is 0.648. The number of hydrogen-bond donors (Lipinski definition) is 0. The average molecular weight is 974 g/mol. The molecule has 9 aromatic carbocycles. The van der Waals surface area contributed by atoms with Crippen LogP contribution >= 0.6 is 0 Å². The molecule has 5 heterocycles. The third kappa shape index (κ3) is 6.39. The first-order valence-electron chi connectivity index (χ1n) is 26.4. The first-order valence-corrected chi connectivity index (χ1v) is 26.4. The van der Waals surface area contributed by atoms with Crippen LogP contribution in [-0.4, -0.2) is 33.2 Å². The molecule has 1 unspecified atom stereocenters. The molecule has 0 saturated carbocycles. The van der Waals surface area contributed by atoms with Crippen LogP contribution in [0.15, 0.2) is 243 Å². The van der Waals surface area contributed by atoms with E-state index in [1.54, 1.807) is 0 Å². The summed E-state index contributed by atoms with van der Waals surface area (Å²) in [7, 11) is 0. The third-order valence-corrected chi connectivity index (χ3v) is 15.9. The van der Waals surface area contributed by atoms with Gasteiger partial charge in [-0.05, 0) is 90.1 Å². The summed E-state index contributed by atoms with van der Waals surface area (Å²) in [4.78, 5) is 17.3. The molecule has 2 aliphatic rings. The monoisotopic (exact) mass is 973 g/mol. The van der Waals surface area contributed by atoms with Gasteiger partial charge in [-0.25, -0.2) is 0 Å². The van der Waals surface area contributed by atoms with Crippen LogP contribution in [0.3, 0.4) is 0 Å². The molecule has 14 aromatic rings. The van der Waals surface area contributed by atoms with Crippen molar-refractivity contribution in [1.82, 2.24) is 33.2 Å². The summed E-state index contributed by atoms with van der Waals surface area (Å²) in [6, 6.07) is 72.5. The van der Waals surface area contributed by atoms with Crippen molar-refractivity contribution in [3.63, 3.8) is 0 Å². The van der Waals surface area contributed by atoms with E-state index < -0.39 is 0 Å². The number of hydrogen-bond acceptors (Lipinski definition) is 3. The van der Waals surface area contributed by atoms with Gasteiger partial charge < -0.3 is 9.13 Å². The molecule has 76 heavy (non-hydrogen) atoms. The van der Waals surface area contributed by atoms with Crippen molar-refractivity contribution >= 4 is 92.9 Å². The van der Waals surface area contributed by atoms with Crippen molar-refractivity contribution in [2.45, 2.75) is 25.3 Å². The van der Waals surface area contributed by atoms with E-state index in [4.69, 9.17) is 15.0 Å². The molecule has 7 heteroatoms. The van der Waals surface area contributed by atoms with Gasteiger partial charge in [0.1, 0.15) is 0 Å². The molecule has 1 atom stereocenters. The summed E-state index contributed by atoms with van der Waals surface area (Å²) in [5.74, 6) is 1.65. The van der Waals surface area contributed by atoms with Gasteiger partial charge in [-0.1, -0.05) is 194 Å². The highest BCUT2D eigenvalue weighted by Gasteiger charge is 2.28. The molecule has 0 saturated heterocycles. The molecule has 0 fully saturated rings. The van der Waals surface area contributed by atoms with Crippen LogP contribution in [0.1, 0.15) is 25.3 Å². The highest BCUT2D eigenvalue weighted by molar-refractivity contribution is 6.25. The van der Waals surface area contributed by atoms with Gasteiger partial charge in [0.05, 0.1) is 44.7 Å². The van der Waals surface area contributed by atoms with Gasteiger partial charge in [-0.3, -0.25) is 9.13 Å². The van der Waals surface area contributed by atoms with E-state index in [1.165, 1.54) is 27.1 Å². The molecule has 0 spiro atoms. The quantitative estimate of drug-likeness (QED) is 0.160. The molecule has 2 aliphatic carbocycles. The van der Waals surface area contributed by atoms with Gasteiger partial charge in [-0.15, -0.1) is 0 Å². The second-order valence-electron chi connectivity index (χ2n) is 20.2. The highest BCUT2D eigenvalue weighted by atomic mass is 15.3. The van der Waals surface area contributed by atoms with Crippen LogP contribution < -0.4 is 0 Å². The fourth-order valence-electron chi connectivity index (χ4n) is 12.6. The molecule has 16 rings (SSSR count). The van der Waals surface area contributed by atoms with Gasteiger partial charge in [0.2, 0.25) is 11.9 Å². The highest BCUT2D eigenvalue weighted by Crippen LogP contribution is 2.45. The Kier molecular flexibility index (Phi) is 9.45. The van der Waals surface area contributed by atoms with E-state index in [1.807, 2.05) is 0 Å². The molecule has 0 N–H and O–H groups in total. The Hall–Kier alpha value is -9.85. The van der Waals surface area contributed by atoms with Crippen LogP contribution in [0.2, 0.25) is 0 Å². The maximum absolute atomic E-state index is 5.84. The Morgan fingerprint density at radius 1 is 0.355 bits per heavy atom. The van der Waals surface area contributed by atoms with Crippen LogP contribution in [0.5, 0.6) is 0 Å². The standard InChI is InChI=1S/C69H47N7/c1-5-21-44(22-6-1)46-41-47(45-23-7-2-8-24-45)43-48(42-46)67-70-68(75-61-35-19-15-31-53(61)57-39-37-55-51-29-13-17-33-59(51)73(63(55)65(57)75)49-25-9-3-10-26-49)72-69(71-67)76-62-36-20-16-32-54(62)58-40-38-56-52-30-14-18-34-60(52)74(64(56)66(58)76)50-27-11-4-12-28-50/h1-3,5-11,13-25,27-43,49H,4,12,26H2. The van der Waals surface area contributed by atoms with E-state index in [0.29, 0.717) is 17.7 Å². The lowest BCUT2D eigenvalue weighted by Gasteiger charge is -2.19. The Morgan fingerprint density at radius 3 is 1.34 bits per heavy atom. The third-order valence-electron chi connectivity index (χ3n) is 15.9. The number of benzene rings is 9. The number of nitrogens with zero attached hydrogens (tertiary/aromatic N) is 7. The Labute approximate surface area is 437 Å². The largest absolute Gasteiger partial charge is 0.331 e. The lowest BCUT2D eigenvalue weighted by Crippen LogP contribution is -2.12. The normalized spacial score (nSPS) is 14.7. The second-order valence-corrected chi connectivity index (χ2v) is 20.2. The number of fused-ring (bicyclic) bond motifs is 14. The van der Waals surface area contributed by atoms with E-state index in [2.05, 4.69) is 261 Å².